The summed E-state index contributed by atoms with van der Waals surface area (Å²) in [5, 5.41) is 0. The standard InChI is InChI=1S/C21H27NO4/c1-5-9-16(23)17-15(22-13-14-10-7-6-8-11-14)12-21(2,3)18(19(17)24)20(25)26-4/h6-8,10-11,17-18H,5,9,12-13H2,1-4H3/t17-,18-/m1/s1. The zero-order valence-electron chi connectivity index (χ0n) is 16.0. The van der Waals surface area contributed by atoms with Gasteiger partial charge in [-0.2, -0.15) is 0 Å². The molecule has 5 heteroatoms. The van der Waals surface area contributed by atoms with Gasteiger partial charge in [0.05, 0.1) is 13.7 Å². The molecule has 1 aliphatic carbocycles. The number of esters is 1. The largest absolute Gasteiger partial charge is 0.468 e. The molecule has 0 radical (unpaired) electrons. The van der Waals surface area contributed by atoms with Crippen molar-refractivity contribution in [1.82, 2.24) is 0 Å². The van der Waals surface area contributed by atoms with Crippen LogP contribution >= 0.6 is 0 Å². The third-order valence-corrected chi connectivity index (χ3v) is 4.88. The van der Waals surface area contributed by atoms with Gasteiger partial charge in [0.2, 0.25) is 0 Å². The number of ketones is 2. The molecule has 1 aliphatic rings. The fourth-order valence-corrected chi connectivity index (χ4v) is 3.60. The summed E-state index contributed by atoms with van der Waals surface area (Å²) >= 11 is 0. The molecule has 2 atom stereocenters. The molecule has 0 unspecified atom stereocenters. The molecule has 140 valence electrons. The van der Waals surface area contributed by atoms with Crippen LogP contribution in [0.2, 0.25) is 0 Å². The Kier molecular flexibility index (Phi) is 6.46. The highest BCUT2D eigenvalue weighted by atomic mass is 16.5. The summed E-state index contributed by atoms with van der Waals surface area (Å²) in [4.78, 5) is 42.6. The fraction of sp³-hybridized carbons (Fsp3) is 0.524. The number of rotatable bonds is 6. The van der Waals surface area contributed by atoms with Crippen molar-refractivity contribution in [3.63, 3.8) is 0 Å². The van der Waals surface area contributed by atoms with E-state index in [1.54, 1.807) is 0 Å². The van der Waals surface area contributed by atoms with Gasteiger partial charge < -0.3 is 4.74 Å². The zero-order valence-corrected chi connectivity index (χ0v) is 16.0. The van der Waals surface area contributed by atoms with E-state index in [0.29, 0.717) is 31.5 Å². The molecule has 1 aromatic rings. The van der Waals surface area contributed by atoms with Crippen molar-refractivity contribution < 1.29 is 19.1 Å². The van der Waals surface area contributed by atoms with Crippen molar-refractivity contribution in [1.29, 1.82) is 0 Å². The first-order chi connectivity index (χ1) is 12.3. The number of nitrogens with zero attached hydrogens (tertiary/aromatic N) is 1. The second-order valence-corrected chi connectivity index (χ2v) is 7.47. The van der Waals surface area contributed by atoms with Crippen LogP contribution in [0.1, 0.15) is 45.6 Å². The fourth-order valence-electron chi connectivity index (χ4n) is 3.60. The summed E-state index contributed by atoms with van der Waals surface area (Å²) in [6, 6.07) is 9.70. The van der Waals surface area contributed by atoms with Crippen molar-refractivity contribution in [2.45, 2.75) is 46.6 Å². The predicted molar refractivity (Wildman–Crippen MR) is 99.9 cm³/mol. The smallest absolute Gasteiger partial charge is 0.316 e. The highest BCUT2D eigenvalue weighted by Gasteiger charge is 2.52. The van der Waals surface area contributed by atoms with Crippen LogP contribution in [-0.4, -0.2) is 30.4 Å². The first kappa shape index (κ1) is 20.0. The van der Waals surface area contributed by atoms with Gasteiger partial charge in [-0.15, -0.1) is 0 Å². The maximum Gasteiger partial charge on any atom is 0.316 e. The first-order valence-electron chi connectivity index (χ1n) is 9.03. The number of ether oxygens (including phenoxy) is 1. The quantitative estimate of drug-likeness (QED) is 0.578. The van der Waals surface area contributed by atoms with Crippen molar-refractivity contribution in [2.75, 3.05) is 7.11 Å². The minimum atomic E-state index is -0.936. The van der Waals surface area contributed by atoms with Gasteiger partial charge in [-0.3, -0.25) is 19.4 Å². The van der Waals surface area contributed by atoms with Crippen LogP contribution in [0.15, 0.2) is 35.3 Å². The molecule has 0 bridgehead atoms. The number of methoxy groups -OCH3 is 1. The summed E-state index contributed by atoms with van der Waals surface area (Å²) in [7, 11) is 1.27. The van der Waals surface area contributed by atoms with Crippen molar-refractivity contribution in [3.8, 4) is 0 Å². The van der Waals surface area contributed by atoms with Crippen LogP contribution in [0.25, 0.3) is 0 Å². The summed E-state index contributed by atoms with van der Waals surface area (Å²) in [6.07, 6.45) is 1.38. The van der Waals surface area contributed by atoms with E-state index >= 15 is 0 Å². The van der Waals surface area contributed by atoms with E-state index in [1.807, 2.05) is 51.1 Å². The molecular weight excluding hydrogens is 330 g/mol. The Morgan fingerprint density at radius 1 is 1.23 bits per heavy atom. The molecular formula is C21H27NO4. The van der Waals surface area contributed by atoms with Crippen LogP contribution in [-0.2, 0) is 25.7 Å². The van der Waals surface area contributed by atoms with Gasteiger partial charge in [-0.1, -0.05) is 51.1 Å². The Morgan fingerprint density at radius 2 is 1.88 bits per heavy atom. The summed E-state index contributed by atoms with van der Waals surface area (Å²) < 4.78 is 4.84. The molecule has 1 aromatic carbocycles. The lowest BCUT2D eigenvalue weighted by molar-refractivity contribution is -0.156. The van der Waals surface area contributed by atoms with Gasteiger partial charge in [0.1, 0.15) is 17.6 Å². The van der Waals surface area contributed by atoms with E-state index in [-0.39, 0.29) is 11.6 Å². The molecule has 0 amide bonds. The number of Topliss-reactive ketones (excluding diaryl/α,β-unsaturated/α-hetero) is 2. The van der Waals surface area contributed by atoms with E-state index < -0.39 is 23.2 Å². The van der Waals surface area contributed by atoms with Crippen molar-refractivity contribution in [2.24, 2.45) is 22.2 Å². The Hall–Kier alpha value is -2.30. The van der Waals surface area contributed by atoms with E-state index in [0.717, 1.165) is 5.56 Å². The van der Waals surface area contributed by atoms with Crippen LogP contribution in [0.3, 0.4) is 0 Å². The summed E-state index contributed by atoms with van der Waals surface area (Å²) in [6.45, 7) is 6.02. The lowest BCUT2D eigenvalue weighted by Crippen LogP contribution is -2.52. The van der Waals surface area contributed by atoms with Gasteiger partial charge in [-0.25, -0.2) is 0 Å². The second-order valence-electron chi connectivity index (χ2n) is 7.47. The first-order valence-corrected chi connectivity index (χ1v) is 9.03. The van der Waals surface area contributed by atoms with E-state index in [1.165, 1.54) is 7.11 Å². The number of carbonyl (C=O) groups excluding carboxylic acids is 3. The van der Waals surface area contributed by atoms with Gasteiger partial charge in [0, 0.05) is 12.1 Å². The molecule has 0 spiro atoms. The number of aliphatic imine (C=N–C) groups is 1. The normalized spacial score (nSPS) is 23.7. The Balaban J connectivity index is 2.39. The van der Waals surface area contributed by atoms with Gasteiger partial charge in [0.25, 0.3) is 0 Å². The molecule has 5 nitrogen and oxygen atoms in total. The molecule has 1 saturated carbocycles. The molecule has 0 N–H and O–H groups in total. The van der Waals surface area contributed by atoms with Gasteiger partial charge >= 0.3 is 5.97 Å². The average Bonchev–Trinajstić information content (AvgIpc) is 2.59. The molecule has 26 heavy (non-hydrogen) atoms. The molecule has 0 heterocycles. The second kappa shape index (κ2) is 8.39. The molecule has 0 aliphatic heterocycles. The van der Waals surface area contributed by atoms with Gasteiger partial charge in [0.15, 0.2) is 5.78 Å². The molecule has 0 saturated heterocycles. The Labute approximate surface area is 154 Å². The van der Waals surface area contributed by atoms with Crippen LogP contribution in [0.4, 0.5) is 0 Å². The summed E-state index contributed by atoms with van der Waals surface area (Å²) in [5.74, 6) is -2.98. The van der Waals surface area contributed by atoms with Crippen LogP contribution < -0.4 is 0 Å². The highest BCUT2D eigenvalue weighted by molar-refractivity contribution is 6.26. The number of carbonyl (C=O) groups is 3. The number of hydrogen-bond acceptors (Lipinski definition) is 5. The van der Waals surface area contributed by atoms with Crippen LogP contribution in [0.5, 0.6) is 0 Å². The SMILES string of the molecule is CCCC(=O)[C@@H]1C(=O)[C@H](C(=O)OC)C(C)(C)CC1=NCc1ccccc1. The number of hydrogen-bond donors (Lipinski definition) is 0. The third-order valence-electron chi connectivity index (χ3n) is 4.88. The van der Waals surface area contributed by atoms with Crippen molar-refractivity contribution in [3.05, 3.63) is 35.9 Å². The Bertz CT molecular complexity index is 706. The molecule has 0 aromatic heterocycles. The maximum absolute atomic E-state index is 13.1. The predicted octanol–water partition coefficient (Wildman–Crippen LogP) is 3.40. The lowest BCUT2D eigenvalue weighted by atomic mass is 9.62. The summed E-state index contributed by atoms with van der Waals surface area (Å²) in [5.41, 5.74) is 0.965. The maximum atomic E-state index is 13.1. The molecule has 1 fully saturated rings. The van der Waals surface area contributed by atoms with Crippen molar-refractivity contribution >= 4 is 23.2 Å². The van der Waals surface area contributed by atoms with Gasteiger partial charge in [-0.05, 0) is 23.8 Å². The van der Waals surface area contributed by atoms with E-state index in [4.69, 9.17) is 4.74 Å². The third kappa shape index (κ3) is 4.26. The minimum absolute atomic E-state index is 0.159. The molecule has 2 rings (SSSR count). The minimum Gasteiger partial charge on any atom is -0.468 e. The monoisotopic (exact) mass is 357 g/mol. The average molecular weight is 357 g/mol. The van der Waals surface area contributed by atoms with E-state index in [9.17, 15) is 14.4 Å². The Morgan fingerprint density at radius 3 is 2.46 bits per heavy atom. The topological polar surface area (TPSA) is 72.8 Å². The highest BCUT2D eigenvalue weighted by Crippen LogP contribution is 2.41. The number of benzene rings is 1. The van der Waals surface area contributed by atoms with Crippen LogP contribution in [0, 0.1) is 17.3 Å². The zero-order chi connectivity index (χ0) is 19.3. The lowest BCUT2D eigenvalue weighted by Gasteiger charge is -2.39. The van der Waals surface area contributed by atoms with E-state index in [2.05, 4.69) is 4.99 Å².